The Bertz CT molecular complexity index is 984. The van der Waals surface area contributed by atoms with E-state index in [0.717, 1.165) is 5.75 Å². The fourth-order valence-electron chi connectivity index (χ4n) is 4.78. The number of methoxy groups -OCH3 is 1. The van der Waals surface area contributed by atoms with E-state index < -0.39 is 6.15 Å². The molecule has 0 aromatic heterocycles. The fourth-order valence-corrected chi connectivity index (χ4v) is 5.46. The molecular weight excluding hydrogens is 431 g/mol. The van der Waals surface area contributed by atoms with Crippen molar-refractivity contribution in [3.05, 3.63) is 115 Å². The highest BCUT2D eigenvalue weighted by Crippen LogP contribution is 2.17. The van der Waals surface area contributed by atoms with Gasteiger partial charge in [-0.1, -0.05) is 111 Å². The number of unbranched alkanes of at least 4 members (excludes halogenated alkanes) is 1. The molecular formula is C31H37BOS. The first kappa shape index (κ1) is 25.7. The summed E-state index contributed by atoms with van der Waals surface area (Å²) in [5.41, 5.74) is 4.33. The molecule has 1 nitrogen and oxygen atoms in total. The van der Waals surface area contributed by atoms with Crippen LogP contribution in [0.2, 0.25) is 6.32 Å². The summed E-state index contributed by atoms with van der Waals surface area (Å²) in [5.74, 6) is 0.930. The number of ether oxygens (including phenoxy) is 1. The highest BCUT2D eigenvalue weighted by molar-refractivity contribution is 7.95. The molecule has 0 aliphatic heterocycles. The van der Waals surface area contributed by atoms with Crippen molar-refractivity contribution in [1.82, 2.24) is 0 Å². The molecule has 4 aromatic rings. The summed E-state index contributed by atoms with van der Waals surface area (Å²) < 4.78 is 5.05. The molecule has 0 amide bonds. The van der Waals surface area contributed by atoms with Gasteiger partial charge in [-0.25, -0.2) is 0 Å². The molecule has 176 valence electrons. The minimum Gasteiger partial charge on any atom is -0.497 e. The predicted molar refractivity (Wildman–Crippen MR) is 154 cm³/mol. The van der Waals surface area contributed by atoms with Gasteiger partial charge in [0.2, 0.25) is 0 Å². The van der Waals surface area contributed by atoms with E-state index in [1.54, 1.807) is 7.11 Å². The van der Waals surface area contributed by atoms with E-state index in [9.17, 15) is 0 Å². The first-order valence-electron chi connectivity index (χ1n) is 12.2. The van der Waals surface area contributed by atoms with Crippen molar-refractivity contribution in [3.8, 4) is 5.75 Å². The van der Waals surface area contributed by atoms with Crippen molar-refractivity contribution in [3.63, 3.8) is 0 Å². The molecule has 0 unspecified atom stereocenters. The molecule has 34 heavy (non-hydrogen) atoms. The molecule has 4 rings (SSSR count). The number of hydrogen-bond acceptors (Lipinski definition) is 1. The summed E-state index contributed by atoms with van der Waals surface area (Å²) in [6, 6.07) is 41.4. The van der Waals surface area contributed by atoms with Gasteiger partial charge in [-0.05, 0) is 24.3 Å². The SMILES string of the molecule is CCCC[B-](c1ccccc1)(c1ccccc1)c1ccccc1.COc1ccc([S+](C)C)cc1. The van der Waals surface area contributed by atoms with Crippen LogP contribution in [-0.4, -0.2) is 25.8 Å². The van der Waals surface area contributed by atoms with E-state index in [0.29, 0.717) is 10.9 Å². The van der Waals surface area contributed by atoms with Crippen LogP contribution < -0.4 is 21.1 Å². The van der Waals surface area contributed by atoms with Gasteiger partial charge in [0.25, 0.3) is 0 Å². The first-order valence-corrected chi connectivity index (χ1v) is 14.2. The summed E-state index contributed by atoms with van der Waals surface area (Å²) in [4.78, 5) is 1.38. The van der Waals surface area contributed by atoms with Crippen molar-refractivity contribution in [1.29, 1.82) is 0 Å². The Labute approximate surface area is 209 Å². The smallest absolute Gasteiger partial charge is 0.154 e. The minimum absolute atomic E-state index is 0.355. The van der Waals surface area contributed by atoms with Crippen LogP contribution in [0.1, 0.15) is 19.8 Å². The standard InChI is InChI=1S/C22H24B.C9H13OS/c1-2-3-19-23(20-13-7-4-8-14-20,21-15-9-5-10-16-21)22-17-11-6-12-18-22;1-10-8-4-6-9(7-5-8)11(2)3/h4-18H,2-3,19H2,1H3;4-7H,1-3H3/q-1;+1. The molecule has 0 saturated carbocycles. The molecule has 0 aliphatic rings. The summed E-state index contributed by atoms with van der Waals surface area (Å²) in [5, 5.41) is 0. The van der Waals surface area contributed by atoms with E-state index in [1.165, 1.54) is 40.4 Å². The molecule has 3 heteroatoms. The topological polar surface area (TPSA) is 9.23 Å². The zero-order valence-corrected chi connectivity index (χ0v) is 21.8. The lowest BCUT2D eigenvalue weighted by Gasteiger charge is -2.43. The van der Waals surface area contributed by atoms with E-state index in [4.69, 9.17) is 4.74 Å². The van der Waals surface area contributed by atoms with E-state index in [1.807, 2.05) is 12.1 Å². The van der Waals surface area contributed by atoms with Crippen LogP contribution in [-0.2, 0) is 10.9 Å². The van der Waals surface area contributed by atoms with Gasteiger partial charge >= 0.3 is 0 Å². The van der Waals surface area contributed by atoms with Crippen LogP contribution in [0.25, 0.3) is 0 Å². The Kier molecular flexibility index (Phi) is 9.91. The lowest BCUT2D eigenvalue weighted by molar-refractivity contribution is 0.414. The monoisotopic (exact) mass is 468 g/mol. The van der Waals surface area contributed by atoms with Crippen LogP contribution in [0.5, 0.6) is 5.75 Å². The van der Waals surface area contributed by atoms with Gasteiger partial charge in [0, 0.05) is 10.9 Å². The second-order valence-electron chi connectivity index (χ2n) is 8.91. The normalized spacial score (nSPS) is 11.0. The maximum atomic E-state index is 5.05. The molecule has 0 saturated heterocycles. The second-order valence-corrected chi connectivity index (χ2v) is 11.0. The summed E-state index contributed by atoms with van der Waals surface area (Å²) in [6.45, 7) is 2.28. The number of benzene rings is 4. The minimum atomic E-state index is -0.913. The van der Waals surface area contributed by atoms with Crippen LogP contribution >= 0.6 is 0 Å². The zero-order valence-electron chi connectivity index (χ0n) is 21.0. The molecule has 0 atom stereocenters. The van der Waals surface area contributed by atoms with Crippen molar-refractivity contribution in [2.45, 2.75) is 31.0 Å². The fraction of sp³-hybridized carbons (Fsp3) is 0.226. The van der Waals surface area contributed by atoms with E-state index in [-0.39, 0.29) is 0 Å². The summed E-state index contributed by atoms with van der Waals surface area (Å²) in [6.07, 6.45) is 7.15. The van der Waals surface area contributed by atoms with Crippen molar-refractivity contribution in [2.24, 2.45) is 0 Å². The van der Waals surface area contributed by atoms with Crippen molar-refractivity contribution < 1.29 is 4.74 Å². The van der Waals surface area contributed by atoms with Crippen molar-refractivity contribution in [2.75, 3.05) is 19.6 Å². The van der Waals surface area contributed by atoms with Crippen LogP contribution in [0.4, 0.5) is 0 Å². The third-order valence-electron chi connectivity index (χ3n) is 6.63. The van der Waals surface area contributed by atoms with Crippen LogP contribution in [0.15, 0.2) is 120 Å². The third kappa shape index (κ3) is 6.36. The molecule has 0 spiro atoms. The molecule has 4 aromatic carbocycles. The zero-order chi connectivity index (χ0) is 24.2. The van der Waals surface area contributed by atoms with Gasteiger partial charge in [-0.3, -0.25) is 0 Å². The molecule has 0 fully saturated rings. The van der Waals surface area contributed by atoms with E-state index >= 15 is 0 Å². The molecule has 0 radical (unpaired) electrons. The lowest BCUT2D eigenvalue weighted by atomic mass is 9.14. The first-order chi connectivity index (χ1) is 16.6. The van der Waals surface area contributed by atoms with Crippen molar-refractivity contribution >= 4 is 33.4 Å². The largest absolute Gasteiger partial charge is 0.497 e. The van der Waals surface area contributed by atoms with Gasteiger partial charge < -0.3 is 4.74 Å². The lowest BCUT2D eigenvalue weighted by Crippen LogP contribution is -2.66. The average Bonchev–Trinajstić information content (AvgIpc) is 2.91. The Morgan fingerprint density at radius 2 is 1.03 bits per heavy atom. The predicted octanol–water partition coefficient (Wildman–Crippen LogP) is 5.89. The number of hydrogen-bond donors (Lipinski definition) is 0. The maximum absolute atomic E-state index is 5.05. The van der Waals surface area contributed by atoms with Crippen LogP contribution in [0, 0.1) is 0 Å². The Balaban J connectivity index is 0.000000248. The van der Waals surface area contributed by atoms with E-state index in [2.05, 4.69) is 123 Å². The van der Waals surface area contributed by atoms with Crippen LogP contribution in [0.3, 0.4) is 0 Å². The summed E-state index contributed by atoms with van der Waals surface area (Å²) in [7, 11) is 2.04. The van der Waals surface area contributed by atoms with Gasteiger partial charge in [-0.15, -0.1) is 0 Å². The maximum Gasteiger partial charge on any atom is 0.154 e. The third-order valence-corrected chi connectivity index (χ3v) is 7.84. The highest BCUT2D eigenvalue weighted by Gasteiger charge is 2.28. The average molecular weight is 469 g/mol. The Morgan fingerprint density at radius 1 is 0.618 bits per heavy atom. The molecule has 0 bridgehead atoms. The highest BCUT2D eigenvalue weighted by atomic mass is 32.2. The Hall–Kier alpha value is -2.91. The summed E-state index contributed by atoms with van der Waals surface area (Å²) >= 11 is 0. The molecule has 0 aliphatic carbocycles. The van der Waals surface area contributed by atoms with Gasteiger partial charge in [-0.2, -0.15) is 22.7 Å². The molecule has 0 N–H and O–H groups in total. The van der Waals surface area contributed by atoms with Gasteiger partial charge in [0.1, 0.15) is 18.3 Å². The van der Waals surface area contributed by atoms with Gasteiger partial charge in [0.15, 0.2) is 4.90 Å². The number of rotatable bonds is 8. The quantitative estimate of drug-likeness (QED) is 0.232. The second kappa shape index (κ2) is 13.1. The molecule has 0 heterocycles. The van der Waals surface area contributed by atoms with Gasteiger partial charge in [0.05, 0.1) is 13.3 Å². The Morgan fingerprint density at radius 3 is 1.35 bits per heavy atom.